The van der Waals surface area contributed by atoms with Crippen molar-refractivity contribution in [3.8, 4) is 11.3 Å². The summed E-state index contributed by atoms with van der Waals surface area (Å²) in [4.78, 5) is 16.9. The Bertz CT molecular complexity index is 1180. The maximum absolute atomic E-state index is 14.0. The second-order valence-corrected chi connectivity index (χ2v) is 9.27. The molecule has 3 aromatic rings. The number of sulfonamides is 1. The molecule has 1 aromatic heterocycles. The van der Waals surface area contributed by atoms with Gasteiger partial charge in [0.05, 0.1) is 11.4 Å². The molecule has 0 saturated carbocycles. The van der Waals surface area contributed by atoms with Crippen molar-refractivity contribution in [3.05, 3.63) is 78.7 Å². The van der Waals surface area contributed by atoms with E-state index >= 15 is 0 Å². The average Bonchev–Trinajstić information content (AvgIpc) is 2.80. The van der Waals surface area contributed by atoms with Crippen molar-refractivity contribution < 1.29 is 17.6 Å². The molecule has 31 heavy (non-hydrogen) atoms. The van der Waals surface area contributed by atoms with Crippen LogP contribution in [0.1, 0.15) is 12.8 Å². The van der Waals surface area contributed by atoms with Crippen LogP contribution < -0.4 is 5.32 Å². The lowest BCUT2D eigenvalue weighted by atomic mass is 9.97. The molecule has 0 aliphatic carbocycles. The molecule has 1 amide bonds. The molecule has 1 N–H and O–H groups in total. The van der Waals surface area contributed by atoms with Crippen LogP contribution in [0.3, 0.4) is 0 Å². The predicted octanol–water partition coefficient (Wildman–Crippen LogP) is 3.93. The number of carbonyl (C=O) groups excluding carboxylic acids is 1. The lowest BCUT2D eigenvalue weighted by Crippen LogP contribution is -2.41. The Morgan fingerprint density at radius 3 is 2.35 bits per heavy atom. The smallest absolute Gasteiger partial charge is 0.245 e. The van der Waals surface area contributed by atoms with Gasteiger partial charge in [0, 0.05) is 30.8 Å². The van der Waals surface area contributed by atoms with Gasteiger partial charge in [-0.1, -0.05) is 42.5 Å². The third-order valence-corrected chi connectivity index (χ3v) is 7.32. The van der Waals surface area contributed by atoms with E-state index in [1.54, 1.807) is 18.3 Å². The fraction of sp³-hybridized carbons (Fsp3) is 0.217. The first-order valence-electron chi connectivity index (χ1n) is 10.0. The van der Waals surface area contributed by atoms with E-state index in [9.17, 15) is 17.6 Å². The number of carbonyl (C=O) groups is 1. The molecule has 1 aliphatic heterocycles. The normalized spacial score (nSPS) is 15.5. The third-order valence-electron chi connectivity index (χ3n) is 5.39. The van der Waals surface area contributed by atoms with Gasteiger partial charge in [-0.3, -0.25) is 9.78 Å². The van der Waals surface area contributed by atoms with Crippen molar-refractivity contribution in [3.63, 3.8) is 0 Å². The fourth-order valence-electron chi connectivity index (χ4n) is 3.72. The summed E-state index contributed by atoms with van der Waals surface area (Å²) in [7, 11) is -3.93. The van der Waals surface area contributed by atoms with Gasteiger partial charge in [-0.05, 0) is 37.1 Å². The summed E-state index contributed by atoms with van der Waals surface area (Å²) in [6.07, 6.45) is 2.39. The molecule has 6 nitrogen and oxygen atoms in total. The number of piperidine rings is 1. The van der Waals surface area contributed by atoms with Crippen LogP contribution in [0.4, 0.5) is 10.1 Å². The molecule has 0 spiro atoms. The molecule has 0 bridgehead atoms. The first kappa shape index (κ1) is 21.1. The van der Waals surface area contributed by atoms with E-state index in [1.807, 2.05) is 30.3 Å². The van der Waals surface area contributed by atoms with E-state index in [-0.39, 0.29) is 29.8 Å². The number of nitrogens with zero attached hydrogens (tertiary/aromatic N) is 2. The summed E-state index contributed by atoms with van der Waals surface area (Å²) in [5.41, 5.74) is 2.18. The van der Waals surface area contributed by atoms with Crippen molar-refractivity contribution in [2.24, 2.45) is 5.92 Å². The van der Waals surface area contributed by atoms with Crippen molar-refractivity contribution in [2.75, 3.05) is 18.4 Å². The largest absolute Gasteiger partial charge is 0.324 e. The first-order chi connectivity index (χ1) is 15.0. The zero-order chi connectivity index (χ0) is 21.8. The molecule has 2 aromatic carbocycles. The quantitative estimate of drug-likeness (QED) is 0.653. The lowest BCUT2D eigenvalue weighted by Gasteiger charge is -2.30. The molecular weight excluding hydrogens is 417 g/mol. The molecule has 0 unspecified atom stereocenters. The van der Waals surface area contributed by atoms with Crippen molar-refractivity contribution in [1.29, 1.82) is 0 Å². The molecule has 1 aliphatic rings. The lowest BCUT2D eigenvalue weighted by molar-refractivity contribution is -0.120. The summed E-state index contributed by atoms with van der Waals surface area (Å²) >= 11 is 0. The number of nitrogens with one attached hydrogen (secondary N) is 1. The van der Waals surface area contributed by atoms with Crippen LogP contribution in [0.2, 0.25) is 0 Å². The fourth-order valence-corrected chi connectivity index (χ4v) is 5.25. The molecule has 0 radical (unpaired) electrons. The standard InChI is InChI=1S/C23H22FN3O3S/c24-19-9-4-5-11-21(19)31(29,30)27-15-12-18(13-16-27)23(28)26-20-10-6-14-25-22(20)17-7-2-1-3-8-17/h1-11,14,18H,12-13,15-16H2,(H,26,28). The minimum Gasteiger partial charge on any atom is -0.324 e. The summed E-state index contributed by atoms with van der Waals surface area (Å²) in [5, 5.41) is 2.94. The van der Waals surface area contributed by atoms with Gasteiger partial charge in [0.25, 0.3) is 0 Å². The number of benzene rings is 2. The topological polar surface area (TPSA) is 79.4 Å². The highest BCUT2D eigenvalue weighted by Crippen LogP contribution is 2.28. The number of hydrogen-bond donors (Lipinski definition) is 1. The minimum atomic E-state index is -3.93. The van der Waals surface area contributed by atoms with Crippen molar-refractivity contribution in [1.82, 2.24) is 9.29 Å². The molecule has 0 atom stereocenters. The number of aromatic nitrogens is 1. The average molecular weight is 440 g/mol. The Morgan fingerprint density at radius 1 is 0.968 bits per heavy atom. The van der Waals surface area contributed by atoms with E-state index < -0.39 is 15.8 Å². The van der Waals surface area contributed by atoms with Crippen molar-refractivity contribution >= 4 is 21.6 Å². The Balaban J connectivity index is 1.44. The van der Waals surface area contributed by atoms with E-state index in [2.05, 4.69) is 10.3 Å². The van der Waals surface area contributed by atoms with Gasteiger partial charge >= 0.3 is 0 Å². The number of amides is 1. The van der Waals surface area contributed by atoms with Crippen LogP contribution in [0.25, 0.3) is 11.3 Å². The zero-order valence-electron chi connectivity index (χ0n) is 16.7. The van der Waals surface area contributed by atoms with Crippen LogP contribution in [-0.2, 0) is 14.8 Å². The number of rotatable bonds is 5. The predicted molar refractivity (Wildman–Crippen MR) is 116 cm³/mol. The second kappa shape index (κ2) is 8.95. The van der Waals surface area contributed by atoms with Crippen molar-refractivity contribution in [2.45, 2.75) is 17.7 Å². The molecule has 2 heterocycles. The van der Waals surface area contributed by atoms with Crippen LogP contribution in [0, 0.1) is 11.7 Å². The van der Waals surface area contributed by atoms with E-state index in [0.29, 0.717) is 24.2 Å². The maximum Gasteiger partial charge on any atom is 0.245 e. The molecule has 8 heteroatoms. The SMILES string of the molecule is O=C(Nc1cccnc1-c1ccccc1)C1CCN(S(=O)(=O)c2ccccc2F)CC1. The molecular formula is C23H22FN3O3S. The molecule has 1 fully saturated rings. The monoisotopic (exact) mass is 439 g/mol. The van der Waals surface area contributed by atoms with Crippen LogP contribution in [0.5, 0.6) is 0 Å². The van der Waals surface area contributed by atoms with Gasteiger partial charge in [-0.25, -0.2) is 12.8 Å². The number of anilines is 1. The summed E-state index contributed by atoms with van der Waals surface area (Å²) in [5.74, 6) is -1.28. The summed E-state index contributed by atoms with van der Waals surface area (Å²) < 4.78 is 40.7. The van der Waals surface area contributed by atoms with Gasteiger partial charge in [-0.15, -0.1) is 0 Å². The number of pyridine rings is 1. The Morgan fingerprint density at radius 2 is 1.65 bits per heavy atom. The highest BCUT2D eigenvalue weighted by atomic mass is 32.2. The Hall–Kier alpha value is -3.10. The van der Waals surface area contributed by atoms with Gasteiger partial charge in [0.1, 0.15) is 10.7 Å². The third kappa shape index (κ3) is 4.50. The van der Waals surface area contributed by atoms with Crippen LogP contribution >= 0.6 is 0 Å². The van der Waals surface area contributed by atoms with Gasteiger partial charge < -0.3 is 5.32 Å². The molecule has 160 valence electrons. The van der Waals surface area contributed by atoms with Gasteiger partial charge in [0.2, 0.25) is 15.9 Å². The van der Waals surface area contributed by atoms with E-state index in [0.717, 1.165) is 11.6 Å². The van der Waals surface area contributed by atoms with Crippen LogP contribution in [0.15, 0.2) is 77.8 Å². The Labute approximate surface area is 180 Å². The Kier molecular flexibility index (Phi) is 6.11. The molecule has 1 saturated heterocycles. The number of halogens is 1. The summed E-state index contributed by atoms with van der Waals surface area (Å²) in [6, 6.07) is 18.4. The minimum absolute atomic E-state index is 0.160. The first-order valence-corrected chi connectivity index (χ1v) is 11.5. The van der Waals surface area contributed by atoms with Gasteiger partial charge in [-0.2, -0.15) is 4.31 Å². The molecule has 4 rings (SSSR count). The maximum atomic E-state index is 14.0. The number of hydrogen-bond acceptors (Lipinski definition) is 4. The zero-order valence-corrected chi connectivity index (χ0v) is 17.6. The highest BCUT2D eigenvalue weighted by molar-refractivity contribution is 7.89. The summed E-state index contributed by atoms with van der Waals surface area (Å²) in [6.45, 7) is 0.320. The van der Waals surface area contributed by atoms with E-state index in [4.69, 9.17) is 0 Å². The van der Waals surface area contributed by atoms with E-state index in [1.165, 1.54) is 22.5 Å². The second-order valence-electron chi connectivity index (χ2n) is 7.36. The van der Waals surface area contributed by atoms with Crippen LogP contribution in [-0.4, -0.2) is 36.7 Å². The van der Waals surface area contributed by atoms with Gasteiger partial charge in [0.15, 0.2) is 0 Å². The highest BCUT2D eigenvalue weighted by Gasteiger charge is 2.33.